The average Bonchev–Trinajstić information content (AvgIpc) is 2.70. The van der Waals surface area contributed by atoms with E-state index in [1.807, 2.05) is 12.1 Å². The van der Waals surface area contributed by atoms with Gasteiger partial charge in [0.2, 0.25) is 0 Å². The van der Waals surface area contributed by atoms with E-state index < -0.39 is 0 Å². The van der Waals surface area contributed by atoms with Gasteiger partial charge in [0.05, 0.1) is 13.2 Å². The van der Waals surface area contributed by atoms with E-state index in [1.165, 1.54) is 12.1 Å². The first-order valence-corrected chi connectivity index (χ1v) is 8.71. The van der Waals surface area contributed by atoms with Gasteiger partial charge in [0, 0.05) is 30.4 Å². The van der Waals surface area contributed by atoms with E-state index in [4.69, 9.17) is 4.74 Å². The van der Waals surface area contributed by atoms with Crippen molar-refractivity contribution in [2.45, 2.75) is 0 Å². The number of nitrogens with one attached hydrogen (secondary N) is 1. The molecule has 27 heavy (non-hydrogen) atoms. The first kappa shape index (κ1) is 17.2. The van der Waals surface area contributed by atoms with Gasteiger partial charge in [0.25, 0.3) is 0 Å². The minimum absolute atomic E-state index is 0.154. The summed E-state index contributed by atoms with van der Waals surface area (Å²) >= 11 is 0. The van der Waals surface area contributed by atoms with Crippen LogP contribution in [-0.4, -0.2) is 41.4 Å². The number of hydrogen-bond acceptors (Lipinski definition) is 6. The largest absolute Gasteiger partial charge is 0.508 e. The Balaban J connectivity index is 1.72. The molecule has 0 radical (unpaired) electrons. The molecule has 0 atom stereocenters. The molecule has 0 aliphatic carbocycles. The maximum atomic E-state index is 13.2. The summed E-state index contributed by atoms with van der Waals surface area (Å²) in [5.41, 5.74) is 1.44. The predicted molar refractivity (Wildman–Crippen MR) is 102 cm³/mol. The molecule has 0 unspecified atom stereocenters. The number of halogens is 1. The molecule has 7 heteroatoms. The zero-order valence-electron chi connectivity index (χ0n) is 14.6. The third kappa shape index (κ3) is 4.15. The van der Waals surface area contributed by atoms with Gasteiger partial charge in [-0.25, -0.2) is 14.4 Å². The maximum Gasteiger partial charge on any atom is 0.164 e. The quantitative estimate of drug-likeness (QED) is 0.736. The van der Waals surface area contributed by atoms with Gasteiger partial charge in [0.15, 0.2) is 5.82 Å². The highest BCUT2D eigenvalue weighted by Crippen LogP contribution is 2.27. The SMILES string of the molecule is Oc1cccc(-c2nc(Nc3ccc(F)cc3)cc(N3CCOCC3)n2)c1. The smallest absolute Gasteiger partial charge is 0.164 e. The summed E-state index contributed by atoms with van der Waals surface area (Å²) in [5.74, 6) is 1.73. The van der Waals surface area contributed by atoms with Gasteiger partial charge in [-0.05, 0) is 36.4 Å². The van der Waals surface area contributed by atoms with Gasteiger partial charge in [0.1, 0.15) is 23.2 Å². The molecule has 0 amide bonds. The van der Waals surface area contributed by atoms with Crippen molar-refractivity contribution in [3.63, 3.8) is 0 Å². The molecule has 1 aliphatic rings. The first-order valence-electron chi connectivity index (χ1n) is 8.71. The second-order valence-electron chi connectivity index (χ2n) is 6.22. The minimum atomic E-state index is -0.294. The molecule has 2 N–H and O–H groups in total. The highest BCUT2D eigenvalue weighted by molar-refractivity contribution is 5.66. The van der Waals surface area contributed by atoms with Gasteiger partial charge in [-0.3, -0.25) is 0 Å². The molecular formula is C20H19FN4O2. The van der Waals surface area contributed by atoms with Crippen LogP contribution >= 0.6 is 0 Å². The molecular weight excluding hydrogens is 347 g/mol. The van der Waals surface area contributed by atoms with Crippen LogP contribution in [0, 0.1) is 5.82 Å². The maximum absolute atomic E-state index is 13.2. The van der Waals surface area contributed by atoms with Crippen LogP contribution in [-0.2, 0) is 4.74 Å². The lowest BCUT2D eigenvalue weighted by atomic mass is 10.2. The zero-order valence-corrected chi connectivity index (χ0v) is 14.6. The summed E-state index contributed by atoms with van der Waals surface area (Å²) in [6.07, 6.45) is 0. The highest BCUT2D eigenvalue weighted by atomic mass is 19.1. The summed E-state index contributed by atoms with van der Waals surface area (Å²) in [6.45, 7) is 2.78. The summed E-state index contributed by atoms with van der Waals surface area (Å²) in [4.78, 5) is 11.4. The molecule has 0 bridgehead atoms. The number of anilines is 3. The predicted octanol–water partition coefficient (Wildman–Crippen LogP) is 3.57. The summed E-state index contributed by atoms with van der Waals surface area (Å²) < 4.78 is 18.6. The molecule has 2 heterocycles. The number of rotatable bonds is 4. The molecule has 6 nitrogen and oxygen atoms in total. The number of ether oxygens (including phenoxy) is 1. The summed E-state index contributed by atoms with van der Waals surface area (Å²) in [5, 5.41) is 13.0. The number of nitrogens with zero attached hydrogens (tertiary/aromatic N) is 3. The normalized spacial score (nSPS) is 14.2. The lowest BCUT2D eigenvalue weighted by Gasteiger charge is -2.28. The van der Waals surface area contributed by atoms with Crippen LogP contribution < -0.4 is 10.2 Å². The van der Waals surface area contributed by atoms with Crippen molar-refractivity contribution in [2.24, 2.45) is 0 Å². The molecule has 1 aliphatic heterocycles. The topological polar surface area (TPSA) is 70.5 Å². The molecule has 138 valence electrons. The Hall–Kier alpha value is -3.19. The Bertz CT molecular complexity index is 928. The van der Waals surface area contributed by atoms with Crippen molar-refractivity contribution in [3.8, 4) is 17.1 Å². The van der Waals surface area contributed by atoms with Gasteiger partial charge < -0.3 is 20.1 Å². The Morgan fingerprint density at radius 1 is 1.00 bits per heavy atom. The number of benzene rings is 2. The third-order valence-electron chi connectivity index (χ3n) is 4.27. The minimum Gasteiger partial charge on any atom is -0.508 e. The van der Waals surface area contributed by atoms with Crippen LogP contribution in [0.15, 0.2) is 54.6 Å². The number of aromatic hydroxyl groups is 1. The van der Waals surface area contributed by atoms with E-state index in [2.05, 4.69) is 20.2 Å². The van der Waals surface area contributed by atoms with Gasteiger partial charge >= 0.3 is 0 Å². The fourth-order valence-electron chi connectivity index (χ4n) is 2.91. The number of aromatic nitrogens is 2. The van der Waals surface area contributed by atoms with Gasteiger partial charge in [-0.2, -0.15) is 0 Å². The molecule has 1 fully saturated rings. The van der Waals surface area contributed by atoms with Crippen molar-refractivity contribution in [2.75, 3.05) is 36.5 Å². The Morgan fingerprint density at radius 2 is 1.78 bits per heavy atom. The van der Waals surface area contributed by atoms with E-state index in [9.17, 15) is 9.50 Å². The average molecular weight is 366 g/mol. The van der Waals surface area contributed by atoms with Crippen molar-refractivity contribution < 1.29 is 14.2 Å². The van der Waals surface area contributed by atoms with Gasteiger partial charge in [-0.15, -0.1) is 0 Å². The van der Waals surface area contributed by atoms with Crippen molar-refractivity contribution in [1.29, 1.82) is 0 Å². The van der Waals surface area contributed by atoms with Crippen molar-refractivity contribution >= 4 is 17.3 Å². The fraction of sp³-hybridized carbons (Fsp3) is 0.200. The van der Waals surface area contributed by atoms with Crippen LogP contribution in [0.4, 0.5) is 21.7 Å². The molecule has 1 saturated heterocycles. The van der Waals surface area contributed by atoms with E-state index >= 15 is 0 Å². The molecule has 0 saturated carbocycles. The van der Waals surface area contributed by atoms with Crippen molar-refractivity contribution in [3.05, 3.63) is 60.4 Å². The Labute approximate surface area is 156 Å². The number of phenols is 1. The van der Waals surface area contributed by atoms with E-state index in [0.717, 1.165) is 24.6 Å². The first-order chi connectivity index (χ1) is 13.2. The highest BCUT2D eigenvalue weighted by Gasteiger charge is 2.16. The Morgan fingerprint density at radius 3 is 2.52 bits per heavy atom. The second kappa shape index (κ2) is 7.59. The molecule has 2 aromatic carbocycles. The molecule has 0 spiro atoms. The van der Waals surface area contributed by atoms with Crippen LogP contribution in [0.25, 0.3) is 11.4 Å². The van der Waals surface area contributed by atoms with E-state index in [0.29, 0.717) is 30.4 Å². The van der Waals surface area contributed by atoms with Crippen LogP contribution in [0.5, 0.6) is 5.75 Å². The molecule has 1 aromatic heterocycles. The Kier molecular flexibility index (Phi) is 4.84. The molecule has 3 aromatic rings. The fourth-order valence-corrected chi connectivity index (χ4v) is 2.91. The van der Waals surface area contributed by atoms with Gasteiger partial charge in [-0.1, -0.05) is 12.1 Å². The lowest BCUT2D eigenvalue weighted by Crippen LogP contribution is -2.36. The monoisotopic (exact) mass is 366 g/mol. The van der Waals surface area contributed by atoms with Crippen molar-refractivity contribution in [1.82, 2.24) is 9.97 Å². The molecule has 4 rings (SSSR count). The number of hydrogen-bond donors (Lipinski definition) is 2. The van der Waals surface area contributed by atoms with Crippen LogP contribution in [0.1, 0.15) is 0 Å². The lowest BCUT2D eigenvalue weighted by molar-refractivity contribution is 0.122. The van der Waals surface area contributed by atoms with Crippen LogP contribution in [0.2, 0.25) is 0 Å². The van der Waals surface area contributed by atoms with E-state index in [1.54, 1.807) is 30.3 Å². The van der Waals surface area contributed by atoms with E-state index in [-0.39, 0.29) is 11.6 Å². The second-order valence-corrected chi connectivity index (χ2v) is 6.22. The third-order valence-corrected chi connectivity index (χ3v) is 4.27. The summed E-state index contributed by atoms with van der Waals surface area (Å²) in [7, 11) is 0. The number of morpholine rings is 1. The zero-order chi connectivity index (χ0) is 18.6. The summed E-state index contributed by atoms with van der Waals surface area (Å²) in [6, 6.07) is 14.8. The number of phenolic OH excluding ortho intramolecular Hbond substituents is 1. The van der Waals surface area contributed by atoms with Crippen LogP contribution in [0.3, 0.4) is 0 Å². The standard InChI is InChI=1S/C20H19FN4O2/c21-15-4-6-16(7-5-15)22-18-13-19(25-8-10-27-11-9-25)24-20(23-18)14-2-1-3-17(26)12-14/h1-7,12-13,26H,8-11H2,(H,22,23,24).